The van der Waals surface area contributed by atoms with E-state index in [1.807, 2.05) is 0 Å². The van der Waals surface area contributed by atoms with Crippen molar-refractivity contribution in [3.8, 4) is 17.2 Å². The molecule has 4 aromatic rings. The zero-order valence-electron chi connectivity index (χ0n) is 21.1. The molecule has 3 aromatic carbocycles. The van der Waals surface area contributed by atoms with E-state index in [9.17, 15) is 30.4 Å². The monoisotopic (exact) mass is 559 g/mol. The molecular formula is C25H21N9O7. The number of methoxy groups -OCH3 is 1. The maximum absolute atomic E-state index is 11.3. The molecule has 208 valence electrons. The quantitative estimate of drug-likeness (QED) is 0.0982. The number of aromatic hydroxyl groups is 2. The third-order valence-corrected chi connectivity index (χ3v) is 5.26. The highest BCUT2D eigenvalue weighted by atomic mass is 16.6. The molecule has 0 unspecified atom stereocenters. The summed E-state index contributed by atoms with van der Waals surface area (Å²) in [5.74, 6) is 0.471. The summed E-state index contributed by atoms with van der Waals surface area (Å²) in [5, 5.41) is 53.0. The minimum Gasteiger partial charge on any atom is -0.508 e. The molecular weight excluding hydrogens is 538 g/mol. The Morgan fingerprint density at radius 3 is 1.95 bits per heavy atom. The van der Waals surface area contributed by atoms with Gasteiger partial charge in [0.15, 0.2) is 5.82 Å². The molecule has 0 atom stereocenters. The van der Waals surface area contributed by atoms with Gasteiger partial charge in [0, 0.05) is 18.2 Å². The van der Waals surface area contributed by atoms with Crippen molar-refractivity contribution in [3.63, 3.8) is 0 Å². The second-order valence-electron chi connectivity index (χ2n) is 8.03. The van der Waals surface area contributed by atoms with E-state index in [1.54, 1.807) is 24.3 Å². The van der Waals surface area contributed by atoms with Crippen molar-refractivity contribution in [1.82, 2.24) is 9.97 Å². The van der Waals surface area contributed by atoms with E-state index in [4.69, 9.17) is 4.74 Å². The van der Waals surface area contributed by atoms with E-state index < -0.39 is 9.85 Å². The SMILES string of the molecule is COc1ccccc1Nc1cc(NN=Cc2cc(O)ccc2[N+](=O)[O-])nc(NN=Cc2cc(O)ccc2[N+](=O)[O-])n1. The van der Waals surface area contributed by atoms with Gasteiger partial charge >= 0.3 is 0 Å². The van der Waals surface area contributed by atoms with Crippen LogP contribution in [0.25, 0.3) is 0 Å². The Bertz CT molecular complexity index is 1570. The van der Waals surface area contributed by atoms with Crippen LogP contribution in [-0.4, -0.2) is 49.6 Å². The smallest absolute Gasteiger partial charge is 0.278 e. The lowest BCUT2D eigenvalue weighted by Crippen LogP contribution is -2.05. The van der Waals surface area contributed by atoms with Crippen LogP contribution in [0.2, 0.25) is 0 Å². The molecule has 0 saturated carbocycles. The molecule has 1 heterocycles. The van der Waals surface area contributed by atoms with Gasteiger partial charge < -0.3 is 20.3 Å². The van der Waals surface area contributed by atoms with Crippen LogP contribution in [0.5, 0.6) is 17.2 Å². The molecule has 1 aromatic heterocycles. The van der Waals surface area contributed by atoms with Crippen LogP contribution >= 0.6 is 0 Å². The van der Waals surface area contributed by atoms with Gasteiger partial charge in [0.1, 0.15) is 23.1 Å². The van der Waals surface area contributed by atoms with Crippen molar-refractivity contribution in [1.29, 1.82) is 0 Å². The number of phenolic OH excluding ortho intramolecular Hbond substituents is 2. The lowest BCUT2D eigenvalue weighted by molar-refractivity contribution is -0.385. The Balaban J connectivity index is 1.63. The Morgan fingerprint density at radius 1 is 0.805 bits per heavy atom. The normalized spacial score (nSPS) is 11.0. The minimum absolute atomic E-state index is 0.0291. The molecule has 16 heteroatoms. The highest BCUT2D eigenvalue weighted by Crippen LogP contribution is 2.28. The summed E-state index contributed by atoms with van der Waals surface area (Å²) in [7, 11) is 1.50. The van der Waals surface area contributed by atoms with Crippen molar-refractivity contribution in [2.45, 2.75) is 0 Å². The van der Waals surface area contributed by atoms with Crippen LogP contribution < -0.4 is 20.9 Å². The number of nitro groups is 2. The molecule has 0 fully saturated rings. The summed E-state index contributed by atoms with van der Waals surface area (Å²) in [6.45, 7) is 0. The van der Waals surface area contributed by atoms with Gasteiger partial charge in [-0.05, 0) is 36.4 Å². The predicted molar refractivity (Wildman–Crippen MR) is 150 cm³/mol. The molecule has 0 amide bonds. The zero-order valence-corrected chi connectivity index (χ0v) is 21.1. The van der Waals surface area contributed by atoms with Crippen molar-refractivity contribution in [3.05, 3.63) is 98.1 Å². The number of nitrogens with one attached hydrogen (secondary N) is 3. The number of ether oxygens (including phenoxy) is 1. The van der Waals surface area contributed by atoms with Crippen LogP contribution in [0.15, 0.2) is 76.9 Å². The molecule has 4 rings (SSSR count). The summed E-state index contributed by atoms with van der Waals surface area (Å²) in [4.78, 5) is 29.9. The standard InChI is InChI=1S/C25H21N9O7/c1-41-22-5-3-2-4-19(22)28-23-12-24(31-26-13-15-10-17(35)6-8-20(15)33(37)38)30-25(29-23)32-27-14-16-11-18(36)7-9-21(16)34(39)40/h2-14,35-36H,1H3,(H3,28,29,30,31,32). The van der Waals surface area contributed by atoms with Gasteiger partial charge in [-0.15, -0.1) is 0 Å². The highest BCUT2D eigenvalue weighted by Gasteiger charge is 2.14. The van der Waals surface area contributed by atoms with Gasteiger partial charge in [0.25, 0.3) is 11.4 Å². The highest BCUT2D eigenvalue weighted by molar-refractivity contribution is 5.87. The lowest BCUT2D eigenvalue weighted by atomic mass is 10.2. The van der Waals surface area contributed by atoms with Gasteiger partial charge in [0.05, 0.1) is 46.2 Å². The number of hydrogen-bond acceptors (Lipinski definition) is 14. The number of phenols is 2. The molecule has 0 bridgehead atoms. The minimum atomic E-state index is -0.619. The van der Waals surface area contributed by atoms with E-state index in [2.05, 4.69) is 36.3 Å². The number of benzene rings is 3. The largest absolute Gasteiger partial charge is 0.508 e. The fourth-order valence-corrected chi connectivity index (χ4v) is 3.46. The summed E-state index contributed by atoms with van der Waals surface area (Å²) < 4.78 is 5.35. The average Bonchev–Trinajstić information content (AvgIpc) is 2.93. The number of rotatable bonds is 11. The second-order valence-corrected chi connectivity index (χ2v) is 8.03. The van der Waals surface area contributed by atoms with Crippen molar-refractivity contribution >= 4 is 47.1 Å². The molecule has 0 radical (unpaired) electrons. The first-order valence-corrected chi connectivity index (χ1v) is 11.6. The van der Waals surface area contributed by atoms with Gasteiger partial charge in [-0.25, -0.2) is 5.43 Å². The van der Waals surface area contributed by atoms with Crippen LogP contribution in [-0.2, 0) is 0 Å². The van der Waals surface area contributed by atoms with Crippen molar-refractivity contribution < 1.29 is 24.8 Å². The van der Waals surface area contributed by atoms with E-state index >= 15 is 0 Å². The van der Waals surface area contributed by atoms with E-state index in [0.717, 1.165) is 24.6 Å². The van der Waals surface area contributed by atoms with Crippen LogP contribution in [0.4, 0.5) is 34.6 Å². The Hall–Kier alpha value is -6.32. The lowest BCUT2D eigenvalue weighted by Gasteiger charge is -2.12. The molecule has 0 aliphatic rings. The summed E-state index contributed by atoms with van der Waals surface area (Å²) in [6.07, 6.45) is 2.26. The Morgan fingerprint density at radius 2 is 1.37 bits per heavy atom. The number of anilines is 4. The number of hydrazone groups is 2. The van der Waals surface area contributed by atoms with E-state index in [-0.39, 0.29) is 51.6 Å². The van der Waals surface area contributed by atoms with Crippen LogP contribution in [0.1, 0.15) is 11.1 Å². The summed E-state index contributed by atoms with van der Waals surface area (Å²) in [5.41, 5.74) is 5.31. The van der Waals surface area contributed by atoms with Gasteiger partial charge in [0.2, 0.25) is 5.95 Å². The number of para-hydroxylation sites is 2. The Labute approximate surface area is 231 Å². The van der Waals surface area contributed by atoms with Crippen molar-refractivity contribution in [2.75, 3.05) is 23.3 Å². The maximum atomic E-state index is 11.3. The third kappa shape index (κ3) is 7.17. The first kappa shape index (κ1) is 27.7. The second kappa shape index (κ2) is 12.5. The van der Waals surface area contributed by atoms with Gasteiger partial charge in [-0.2, -0.15) is 20.2 Å². The fourth-order valence-electron chi connectivity index (χ4n) is 3.46. The number of nitro benzene ring substituents is 2. The molecule has 0 saturated heterocycles. The third-order valence-electron chi connectivity index (χ3n) is 5.26. The molecule has 41 heavy (non-hydrogen) atoms. The first-order chi connectivity index (χ1) is 19.7. The Kier molecular flexibility index (Phi) is 8.44. The summed E-state index contributed by atoms with van der Waals surface area (Å²) >= 11 is 0. The van der Waals surface area contributed by atoms with Gasteiger partial charge in [-0.3, -0.25) is 25.7 Å². The average molecular weight is 559 g/mol. The first-order valence-electron chi connectivity index (χ1n) is 11.6. The zero-order chi connectivity index (χ0) is 29.4. The maximum Gasteiger partial charge on any atom is 0.278 e. The fraction of sp³-hybridized carbons (Fsp3) is 0.0400. The molecule has 0 spiro atoms. The molecule has 0 aliphatic heterocycles. The van der Waals surface area contributed by atoms with Crippen LogP contribution in [0, 0.1) is 20.2 Å². The van der Waals surface area contributed by atoms with Crippen molar-refractivity contribution in [2.24, 2.45) is 10.2 Å². The number of nitrogens with zero attached hydrogens (tertiary/aromatic N) is 6. The number of hydrogen-bond donors (Lipinski definition) is 5. The summed E-state index contributed by atoms with van der Waals surface area (Å²) in [6, 6.07) is 15.5. The molecule has 0 aliphatic carbocycles. The number of aromatic nitrogens is 2. The molecule has 16 nitrogen and oxygen atoms in total. The predicted octanol–water partition coefficient (Wildman–Crippen LogP) is 4.35. The molecule has 5 N–H and O–H groups in total. The topological polar surface area (TPSA) is 223 Å². The van der Waals surface area contributed by atoms with E-state index in [0.29, 0.717) is 11.4 Å². The van der Waals surface area contributed by atoms with Gasteiger partial charge in [-0.1, -0.05) is 12.1 Å². The van der Waals surface area contributed by atoms with E-state index in [1.165, 1.54) is 37.4 Å². The van der Waals surface area contributed by atoms with Crippen LogP contribution in [0.3, 0.4) is 0 Å².